The number of hydrogen-bond donors (Lipinski definition) is 1. The molecule has 0 saturated heterocycles. The van der Waals surface area contributed by atoms with Crippen LogP contribution in [-0.2, 0) is 11.2 Å². The van der Waals surface area contributed by atoms with Gasteiger partial charge in [0, 0.05) is 6.92 Å². The summed E-state index contributed by atoms with van der Waals surface area (Å²) in [5.74, 6) is 1.70. The van der Waals surface area contributed by atoms with E-state index in [4.69, 9.17) is 4.74 Å². The van der Waals surface area contributed by atoms with Crippen molar-refractivity contribution in [2.45, 2.75) is 25.8 Å². The summed E-state index contributed by atoms with van der Waals surface area (Å²) in [4.78, 5) is 11.2. The van der Waals surface area contributed by atoms with Gasteiger partial charge >= 0.3 is 0 Å². The van der Waals surface area contributed by atoms with Crippen LogP contribution in [0.25, 0.3) is 0 Å². The van der Waals surface area contributed by atoms with Crippen molar-refractivity contribution in [3.8, 4) is 11.5 Å². The first-order valence-electron chi connectivity index (χ1n) is 6.85. The third-order valence-corrected chi connectivity index (χ3v) is 3.55. The fourth-order valence-corrected chi connectivity index (χ4v) is 2.68. The molecule has 0 radical (unpaired) electrons. The Morgan fingerprint density at radius 1 is 1.15 bits per heavy atom. The largest absolute Gasteiger partial charge is 0.457 e. The summed E-state index contributed by atoms with van der Waals surface area (Å²) in [6.07, 6.45) is 1.94. The Bertz CT molecular complexity index is 622. The van der Waals surface area contributed by atoms with E-state index in [1.54, 1.807) is 6.92 Å². The number of carbonyl (C=O) groups excluding carboxylic acids is 1. The van der Waals surface area contributed by atoms with Crippen molar-refractivity contribution >= 4 is 5.91 Å². The predicted molar refractivity (Wildman–Crippen MR) is 77.8 cm³/mol. The van der Waals surface area contributed by atoms with Gasteiger partial charge in [-0.25, -0.2) is 0 Å². The molecular formula is C17H17NO2. The van der Waals surface area contributed by atoms with Gasteiger partial charge in [0.2, 0.25) is 5.91 Å². The fourth-order valence-electron chi connectivity index (χ4n) is 2.68. The van der Waals surface area contributed by atoms with E-state index in [1.165, 1.54) is 11.1 Å². The molecule has 1 aliphatic carbocycles. The summed E-state index contributed by atoms with van der Waals surface area (Å²) in [5.41, 5.74) is 2.47. The zero-order valence-corrected chi connectivity index (χ0v) is 11.4. The van der Waals surface area contributed by atoms with Crippen LogP contribution >= 0.6 is 0 Å². The van der Waals surface area contributed by atoms with Gasteiger partial charge in [-0.1, -0.05) is 24.3 Å². The van der Waals surface area contributed by atoms with E-state index in [9.17, 15) is 4.79 Å². The number of rotatable bonds is 3. The summed E-state index contributed by atoms with van der Waals surface area (Å²) in [5, 5.41) is 2.99. The van der Waals surface area contributed by atoms with Gasteiger partial charge in [-0.2, -0.15) is 0 Å². The molecule has 0 aromatic heterocycles. The number of amides is 1. The van der Waals surface area contributed by atoms with Crippen LogP contribution in [0.5, 0.6) is 11.5 Å². The SMILES string of the molecule is CC(=O)NC1CCc2cc(Oc3ccccc3)ccc21. The van der Waals surface area contributed by atoms with Crippen LogP contribution in [0.2, 0.25) is 0 Å². The second kappa shape index (κ2) is 5.37. The quantitative estimate of drug-likeness (QED) is 0.922. The highest BCUT2D eigenvalue weighted by Gasteiger charge is 2.23. The van der Waals surface area contributed by atoms with Crippen LogP contribution in [0.15, 0.2) is 48.5 Å². The predicted octanol–water partition coefficient (Wildman–Crippen LogP) is 3.60. The van der Waals surface area contributed by atoms with Gasteiger partial charge in [-0.15, -0.1) is 0 Å². The monoisotopic (exact) mass is 267 g/mol. The second-order valence-corrected chi connectivity index (χ2v) is 5.07. The van der Waals surface area contributed by atoms with E-state index in [0.717, 1.165) is 24.3 Å². The van der Waals surface area contributed by atoms with Gasteiger partial charge in [0.25, 0.3) is 0 Å². The van der Waals surface area contributed by atoms with E-state index in [0.29, 0.717) is 0 Å². The van der Waals surface area contributed by atoms with E-state index in [-0.39, 0.29) is 11.9 Å². The molecule has 2 aromatic rings. The van der Waals surface area contributed by atoms with Gasteiger partial charge in [-0.05, 0) is 48.2 Å². The summed E-state index contributed by atoms with van der Waals surface area (Å²) >= 11 is 0. The number of fused-ring (bicyclic) bond motifs is 1. The van der Waals surface area contributed by atoms with E-state index < -0.39 is 0 Å². The minimum absolute atomic E-state index is 0.0208. The molecular weight excluding hydrogens is 250 g/mol. The Morgan fingerprint density at radius 3 is 2.70 bits per heavy atom. The highest BCUT2D eigenvalue weighted by Crippen LogP contribution is 2.34. The number of hydrogen-bond acceptors (Lipinski definition) is 2. The molecule has 2 aromatic carbocycles. The number of aryl methyl sites for hydroxylation is 1. The first-order valence-corrected chi connectivity index (χ1v) is 6.85. The third kappa shape index (κ3) is 2.67. The summed E-state index contributed by atoms with van der Waals surface area (Å²) in [6, 6.07) is 16.0. The highest BCUT2D eigenvalue weighted by atomic mass is 16.5. The van der Waals surface area contributed by atoms with E-state index in [1.807, 2.05) is 36.4 Å². The van der Waals surface area contributed by atoms with Crippen molar-refractivity contribution in [1.82, 2.24) is 5.32 Å². The van der Waals surface area contributed by atoms with Gasteiger partial charge in [-0.3, -0.25) is 4.79 Å². The van der Waals surface area contributed by atoms with Gasteiger partial charge in [0.15, 0.2) is 0 Å². The Hall–Kier alpha value is -2.29. The molecule has 0 heterocycles. The average molecular weight is 267 g/mol. The highest BCUT2D eigenvalue weighted by molar-refractivity contribution is 5.73. The molecule has 0 fully saturated rings. The summed E-state index contributed by atoms with van der Waals surface area (Å²) < 4.78 is 5.83. The third-order valence-electron chi connectivity index (χ3n) is 3.55. The van der Waals surface area contributed by atoms with Crippen molar-refractivity contribution in [3.63, 3.8) is 0 Å². The molecule has 1 aliphatic rings. The molecule has 102 valence electrons. The van der Waals surface area contributed by atoms with Crippen LogP contribution in [0.1, 0.15) is 30.5 Å². The minimum Gasteiger partial charge on any atom is -0.457 e. The lowest BCUT2D eigenvalue weighted by Gasteiger charge is -2.13. The van der Waals surface area contributed by atoms with Gasteiger partial charge in [0.1, 0.15) is 11.5 Å². The lowest BCUT2D eigenvalue weighted by Crippen LogP contribution is -2.24. The van der Waals surface area contributed by atoms with Crippen LogP contribution in [0, 0.1) is 0 Å². The molecule has 3 rings (SSSR count). The second-order valence-electron chi connectivity index (χ2n) is 5.07. The van der Waals surface area contributed by atoms with Crippen molar-refractivity contribution in [1.29, 1.82) is 0 Å². The molecule has 0 aliphatic heterocycles. The number of benzene rings is 2. The maximum Gasteiger partial charge on any atom is 0.217 e. The lowest BCUT2D eigenvalue weighted by atomic mass is 10.1. The molecule has 1 amide bonds. The smallest absolute Gasteiger partial charge is 0.217 e. The number of nitrogens with one attached hydrogen (secondary N) is 1. The fraction of sp³-hybridized carbons (Fsp3) is 0.235. The summed E-state index contributed by atoms with van der Waals surface area (Å²) in [6.45, 7) is 1.56. The molecule has 3 nitrogen and oxygen atoms in total. The van der Waals surface area contributed by atoms with Crippen LogP contribution in [-0.4, -0.2) is 5.91 Å². The Balaban J connectivity index is 1.79. The normalized spacial score (nSPS) is 16.6. The number of para-hydroxylation sites is 1. The molecule has 1 unspecified atom stereocenters. The van der Waals surface area contributed by atoms with Crippen molar-refractivity contribution < 1.29 is 9.53 Å². The zero-order chi connectivity index (χ0) is 13.9. The first-order chi connectivity index (χ1) is 9.72. The maximum atomic E-state index is 11.2. The van der Waals surface area contributed by atoms with Crippen molar-refractivity contribution in [2.75, 3.05) is 0 Å². The van der Waals surface area contributed by atoms with E-state index in [2.05, 4.69) is 17.4 Å². The Morgan fingerprint density at radius 2 is 1.95 bits per heavy atom. The molecule has 20 heavy (non-hydrogen) atoms. The molecule has 0 spiro atoms. The molecule has 0 bridgehead atoms. The average Bonchev–Trinajstić information content (AvgIpc) is 2.82. The topological polar surface area (TPSA) is 38.3 Å². The summed E-state index contributed by atoms with van der Waals surface area (Å²) in [7, 11) is 0. The van der Waals surface area contributed by atoms with Crippen LogP contribution in [0.3, 0.4) is 0 Å². The Kier molecular flexibility index (Phi) is 3.42. The zero-order valence-electron chi connectivity index (χ0n) is 11.4. The van der Waals surface area contributed by atoms with Crippen molar-refractivity contribution in [2.24, 2.45) is 0 Å². The molecule has 1 atom stereocenters. The molecule has 1 N–H and O–H groups in total. The van der Waals surface area contributed by atoms with Gasteiger partial charge < -0.3 is 10.1 Å². The minimum atomic E-state index is 0.0208. The van der Waals surface area contributed by atoms with Gasteiger partial charge in [0.05, 0.1) is 6.04 Å². The standard InChI is InChI=1S/C17H17NO2/c1-12(19)18-17-10-7-13-11-15(8-9-16(13)17)20-14-5-3-2-4-6-14/h2-6,8-9,11,17H,7,10H2,1H3,(H,18,19). The lowest BCUT2D eigenvalue weighted by molar-refractivity contribution is -0.119. The van der Waals surface area contributed by atoms with Crippen LogP contribution < -0.4 is 10.1 Å². The molecule has 0 saturated carbocycles. The van der Waals surface area contributed by atoms with E-state index >= 15 is 0 Å². The first kappa shape index (κ1) is 12.7. The number of ether oxygens (including phenoxy) is 1. The van der Waals surface area contributed by atoms with Crippen molar-refractivity contribution in [3.05, 3.63) is 59.7 Å². The maximum absolute atomic E-state index is 11.2. The van der Waals surface area contributed by atoms with Crippen LogP contribution in [0.4, 0.5) is 0 Å². The molecule has 3 heteroatoms. The number of carbonyl (C=O) groups is 1. The Labute approximate surface area is 118 Å².